The van der Waals surface area contributed by atoms with Gasteiger partial charge >= 0.3 is 0 Å². The summed E-state index contributed by atoms with van der Waals surface area (Å²) in [5.74, 6) is 0.309. The Morgan fingerprint density at radius 2 is 1.47 bits per heavy atom. The number of unbranched alkanes of at least 4 members (excludes halogenated alkanes) is 2. The highest BCUT2D eigenvalue weighted by Crippen LogP contribution is 2.39. The monoisotopic (exact) mass is 498 g/mol. The van der Waals surface area contributed by atoms with Crippen LogP contribution in [0.25, 0.3) is 6.08 Å². The van der Waals surface area contributed by atoms with Crippen LogP contribution in [0.15, 0.2) is 36.4 Å². The van der Waals surface area contributed by atoms with E-state index >= 15 is 0 Å². The number of halogens is 3. The van der Waals surface area contributed by atoms with E-state index in [0.717, 1.165) is 76.2 Å². The van der Waals surface area contributed by atoms with Crippen molar-refractivity contribution in [3.8, 4) is 5.75 Å². The van der Waals surface area contributed by atoms with Gasteiger partial charge in [-0.1, -0.05) is 69.9 Å². The molecule has 0 N–H and O–H groups in total. The van der Waals surface area contributed by atoms with Crippen LogP contribution < -0.4 is 4.74 Å². The SMILES string of the molecule is CCCCCOc1ccc(C2CCC(/C=C/c3ccc(C4CCC(C)CC4)c(F)c3F)CC2)c(F)c1. The minimum absolute atomic E-state index is 0.131. The second-order valence-electron chi connectivity index (χ2n) is 11.0. The van der Waals surface area contributed by atoms with Gasteiger partial charge in [0, 0.05) is 11.6 Å². The zero-order valence-corrected chi connectivity index (χ0v) is 21.9. The summed E-state index contributed by atoms with van der Waals surface area (Å²) in [7, 11) is 0. The molecule has 2 aliphatic rings. The van der Waals surface area contributed by atoms with Crippen molar-refractivity contribution >= 4 is 6.08 Å². The molecule has 0 radical (unpaired) electrons. The van der Waals surface area contributed by atoms with E-state index in [1.54, 1.807) is 18.2 Å². The molecule has 0 aromatic heterocycles. The average Bonchev–Trinajstić information content (AvgIpc) is 2.89. The maximum Gasteiger partial charge on any atom is 0.166 e. The summed E-state index contributed by atoms with van der Waals surface area (Å²) in [6.45, 7) is 5.00. The lowest BCUT2D eigenvalue weighted by molar-refractivity contribution is 0.304. The van der Waals surface area contributed by atoms with Crippen molar-refractivity contribution in [2.24, 2.45) is 11.8 Å². The molecule has 0 aliphatic heterocycles. The van der Waals surface area contributed by atoms with Gasteiger partial charge in [-0.3, -0.25) is 0 Å². The molecule has 4 heteroatoms. The highest BCUT2D eigenvalue weighted by molar-refractivity contribution is 5.52. The Hall–Kier alpha value is -2.23. The average molecular weight is 499 g/mol. The standard InChI is InChI=1S/C32H41F3O/c1-3-4-5-20-36-27-17-19-28(30(33)21-27)24-13-8-23(9-14-24)10-15-26-16-18-29(32(35)31(26)34)25-11-6-22(2)7-12-25/h10,15-19,21-25H,3-9,11-14,20H2,1-2H3/b15-10+. The van der Waals surface area contributed by atoms with Crippen LogP contribution in [-0.4, -0.2) is 6.61 Å². The minimum atomic E-state index is -0.727. The summed E-state index contributed by atoms with van der Waals surface area (Å²) in [5, 5.41) is 0. The van der Waals surface area contributed by atoms with Crippen LogP contribution in [0.1, 0.15) is 113 Å². The van der Waals surface area contributed by atoms with Crippen molar-refractivity contribution in [1.82, 2.24) is 0 Å². The molecule has 2 saturated carbocycles. The molecule has 0 spiro atoms. The van der Waals surface area contributed by atoms with Gasteiger partial charge in [0.2, 0.25) is 0 Å². The number of ether oxygens (including phenoxy) is 1. The molecule has 4 rings (SSSR count). The van der Waals surface area contributed by atoms with E-state index < -0.39 is 11.6 Å². The van der Waals surface area contributed by atoms with Crippen LogP contribution in [0.5, 0.6) is 5.75 Å². The number of benzene rings is 2. The molecule has 2 fully saturated rings. The molecule has 196 valence electrons. The molecule has 0 atom stereocenters. The zero-order valence-electron chi connectivity index (χ0n) is 21.9. The smallest absolute Gasteiger partial charge is 0.166 e. The van der Waals surface area contributed by atoms with Crippen LogP contribution >= 0.6 is 0 Å². The molecule has 0 amide bonds. The topological polar surface area (TPSA) is 9.23 Å². The van der Waals surface area contributed by atoms with E-state index in [-0.39, 0.29) is 17.7 Å². The Bertz CT molecular complexity index is 1010. The summed E-state index contributed by atoms with van der Waals surface area (Å²) in [4.78, 5) is 0. The van der Waals surface area contributed by atoms with Gasteiger partial charge in [0.15, 0.2) is 11.6 Å². The number of hydrogen-bond acceptors (Lipinski definition) is 1. The van der Waals surface area contributed by atoms with Crippen molar-refractivity contribution in [3.05, 3.63) is 70.5 Å². The minimum Gasteiger partial charge on any atom is -0.493 e. The van der Waals surface area contributed by atoms with E-state index in [9.17, 15) is 13.2 Å². The summed E-state index contributed by atoms with van der Waals surface area (Å²) < 4.78 is 50.2. The molecule has 1 nitrogen and oxygen atoms in total. The van der Waals surface area contributed by atoms with Crippen molar-refractivity contribution in [2.75, 3.05) is 6.61 Å². The van der Waals surface area contributed by atoms with Gasteiger partial charge in [-0.25, -0.2) is 13.2 Å². The summed E-state index contributed by atoms with van der Waals surface area (Å²) >= 11 is 0. The van der Waals surface area contributed by atoms with Gasteiger partial charge in [-0.2, -0.15) is 0 Å². The Morgan fingerprint density at radius 1 is 0.806 bits per heavy atom. The number of hydrogen-bond donors (Lipinski definition) is 0. The van der Waals surface area contributed by atoms with Crippen molar-refractivity contribution < 1.29 is 17.9 Å². The maximum absolute atomic E-state index is 14.9. The molecule has 2 aromatic carbocycles. The van der Waals surface area contributed by atoms with Crippen molar-refractivity contribution in [3.63, 3.8) is 0 Å². The Kier molecular flexibility index (Phi) is 9.56. The van der Waals surface area contributed by atoms with Gasteiger partial charge in [0.1, 0.15) is 11.6 Å². The number of allylic oxidation sites excluding steroid dienone is 1. The van der Waals surface area contributed by atoms with Gasteiger partial charge in [-0.15, -0.1) is 0 Å². The third-order valence-corrected chi connectivity index (χ3v) is 8.35. The third kappa shape index (κ3) is 6.75. The first-order valence-corrected chi connectivity index (χ1v) is 14.0. The summed E-state index contributed by atoms with van der Waals surface area (Å²) in [5.41, 5.74) is 1.62. The van der Waals surface area contributed by atoms with E-state index in [2.05, 4.69) is 13.8 Å². The highest BCUT2D eigenvalue weighted by atomic mass is 19.2. The van der Waals surface area contributed by atoms with Crippen LogP contribution in [-0.2, 0) is 0 Å². The molecule has 2 aromatic rings. The van der Waals surface area contributed by atoms with Crippen LogP contribution in [0.4, 0.5) is 13.2 Å². The fourth-order valence-corrected chi connectivity index (χ4v) is 5.93. The van der Waals surface area contributed by atoms with Gasteiger partial charge < -0.3 is 4.74 Å². The summed E-state index contributed by atoms with van der Waals surface area (Å²) in [6.07, 6.45) is 14.6. The van der Waals surface area contributed by atoms with Crippen molar-refractivity contribution in [1.29, 1.82) is 0 Å². The molecular formula is C32H41F3O. The highest BCUT2D eigenvalue weighted by Gasteiger charge is 2.26. The molecule has 0 unspecified atom stereocenters. The van der Waals surface area contributed by atoms with E-state index in [0.29, 0.717) is 35.3 Å². The van der Waals surface area contributed by atoms with Gasteiger partial charge in [0.05, 0.1) is 6.61 Å². The fraction of sp³-hybridized carbons (Fsp3) is 0.562. The lowest BCUT2D eigenvalue weighted by atomic mass is 9.78. The zero-order chi connectivity index (χ0) is 25.5. The second kappa shape index (κ2) is 12.8. The first kappa shape index (κ1) is 26.8. The Balaban J connectivity index is 1.31. The third-order valence-electron chi connectivity index (χ3n) is 8.35. The lowest BCUT2D eigenvalue weighted by Crippen LogP contribution is -2.13. The van der Waals surface area contributed by atoms with Gasteiger partial charge in [0.25, 0.3) is 0 Å². The Morgan fingerprint density at radius 3 is 2.17 bits per heavy atom. The maximum atomic E-state index is 14.9. The van der Waals surface area contributed by atoms with Crippen molar-refractivity contribution in [2.45, 2.75) is 96.3 Å². The molecular weight excluding hydrogens is 457 g/mol. The first-order valence-electron chi connectivity index (χ1n) is 14.0. The van der Waals surface area contributed by atoms with E-state index in [1.165, 1.54) is 6.07 Å². The van der Waals surface area contributed by atoms with E-state index in [4.69, 9.17) is 4.74 Å². The lowest BCUT2D eigenvalue weighted by Gasteiger charge is -2.27. The van der Waals surface area contributed by atoms with E-state index in [1.807, 2.05) is 18.2 Å². The predicted octanol–water partition coefficient (Wildman–Crippen LogP) is 9.95. The normalized spacial score (nSPS) is 24.8. The Labute approximate surface area is 215 Å². The molecule has 0 heterocycles. The molecule has 36 heavy (non-hydrogen) atoms. The fourth-order valence-electron chi connectivity index (χ4n) is 5.93. The second-order valence-corrected chi connectivity index (χ2v) is 11.0. The largest absolute Gasteiger partial charge is 0.493 e. The van der Waals surface area contributed by atoms with Gasteiger partial charge in [-0.05, 0) is 85.8 Å². The summed E-state index contributed by atoms with van der Waals surface area (Å²) in [6, 6.07) is 8.79. The number of rotatable bonds is 9. The molecule has 0 saturated heterocycles. The van der Waals surface area contributed by atoms with Crippen LogP contribution in [0.3, 0.4) is 0 Å². The molecule has 2 aliphatic carbocycles. The van der Waals surface area contributed by atoms with Crippen LogP contribution in [0, 0.1) is 29.3 Å². The van der Waals surface area contributed by atoms with Crippen LogP contribution in [0.2, 0.25) is 0 Å². The predicted molar refractivity (Wildman–Crippen MR) is 142 cm³/mol. The molecule has 0 bridgehead atoms. The quantitative estimate of drug-likeness (QED) is 0.313. The first-order chi connectivity index (χ1) is 17.5.